The van der Waals surface area contributed by atoms with Crippen LogP contribution in [0.15, 0.2) is 37.1 Å². The third-order valence-electron chi connectivity index (χ3n) is 6.09. The van der Waals surface area contributed by atoms with Crippen molar-refractivity contribution in [2.24, 2.45) is 5.92 Å². The number of carbonyl (C=O) groups excluding carboxylic acids is 1. The predicted molar refractivity (Wildman–Crippen MR) is 107 cm³/mol. The van der Waals surface area contributed by atoms with Crippen LogP contribution >= 0.6 is 0 Å². The SMILES string of the molecule is Cc1cnc(-n2nccn2)c(C(=O)N2C(C)C3CC(Oc4cnc(C)cn4)C2C3)c1. The molecule has 1 saturated heterocycles. The van der Waals surface area contributed by atoms with Gasteiger partial charge in [-0.15, -0.1) is 4.80 Å². The van der Waals surface area contributed by atoms with Crippen LogP contribution in [0.25, 0.3) is 5.82 Å². The molecule has 1 amide bonds. The number of ether oxygens (including phenoxy) is 1. The lowest BCUT2D eigenvalue weighted by molar-refractivity contribution is 0.0312. The largest absolute Gasteiger partial charge is 0.471 e. The molecule has 5 rings (SSSR count). The van der Waals surface area contributed by atoms with Gasteiger partial charge < -0.3 is 9.64 Å². The number of aromatic nitrogens is 6. The molecule has 2 bridgehead atoms. The molecule has 4 atom stereocenters. The maximum Gasteiger partial charge on any atom is 0.258 e. The first-order valence-corrected chi connectivity index (χ1v) is 10.1. The number of aryl methyl sites for hydroxylation is 2. The Morgan fingerprint density at radius 1 is 1.07 bits per heavy atom. The summed E-state index contributed by atoms with van der Waals surface area (Å²) >= 11 is 0. The minimum Gasteiger partial charge on any atom is -0.471 e. The summed E-state index contributed by atoms with van der Waals surface area (Å²) in [6.45, 7) is 5.92. The second kappa shape index (κ2) is 7.16. The highest BCUT2D eigenvalue weighted by Gasteiger charge is 2.53. The third-order valence-corrected chi connectivity index (χ3v) is 6.09. The van der Waals surface area contributed by atoms with Gasteiger partial charge in [-0.3, -0.25) is 9.78 Å². The second-order valence-corrected chi connectivity index (χ2v) is 8.11. The van der Waals surface area contributed by atoms with Crippen LogP contribution in [0.5, 0.6) is 5.88 Å². The number of likely N-dealkylation sites (tertiary alicyclic amines) is 1. The van der Waals surface area contributed by atoms with E-state index in [-0.39, 0.29) is 24.1 Å². The molecule has 2 aliphatic rings. The number of hydrogen-bond donors (Lipinski definition) is 0. The molecule has 0 spiro atoms. The number of rotatable bonds is 4. The number of amides is 1. The molecule has 1 aliphatic carbocycles. The Bertz CT molecular complexity index is 1070. The molecule has 3 aromatic heterocycles. The smallest absolute Gasteiger partial charge is 0.258 e. The van der Waals surface area contributed by atoms with E-state index in [0.29, 0.717) is 23.2 Å². The molecule has 3 aromatic rings. The van der Waals surface area contributed by atoms with Crippen molar-refractivity contribution >= 4 is 5.91 Å². The van der Waals surface area contributed by atoms with Gasteiger partial charge in [-0.05, 0) is 51.2 Å². The predicted octanol–water partition coefficient (Wildman–Crippen LogP) is 2.14. The van der Waals surface area contributed by atoms with E-state index in [4.69, 9.17) is 4.74 Å². The van der Waals surface area contributed by atoms with E-state index < -0.39 is 0 Å². The highest BCUT2D eigenvalue weighted by atomic mass is 16.5. The Balaban J connectivity index is 1.45. The van der Waals surface area contributed by atoms with E-state index in [2.05, 4.69) is 32.1 Å². The monoisotopic (exact) mass is 405 g/mol. The molecule has 0 N–H and O–H groups in total. The van der Waals surface area contributed by atoms with Crippen LogP contribution in [0, 0.1) is 19.8 Å². The van der Waals surface area contributed by atoms with E-state index >= 15 is 0 Å². The Morgan fingerprint density at radius 3 is 2.57 bits per heavy atom. The Hall–Kier alpha value is -3.36. The number of pyridine rings is 1. The van der Waals surface area contributed by atoms with E-state index in [1.165, 1.54) is 4.80 Å². The van der Waals surface area contributed by atoms with Gasteiger partial charge in [0.2, 0.25) is 5.88 Å². The molecule has 154 valence electrons. The molecular formula is C21H23N7O2. The van der Waals surface area contributed by atoms with Crippen LogP contribution in [-0.4, -0.2) is 58.9 Å². The lowest BCUT2D eigenvalue weighted by Gasteiger charge is -2.37. The lowest BCUT2D eigenvalue weighted by atomic mass is 9.98. The summed E-state index contributed by atoms with van der Waals surface area (Å²) in [4.78, 5) is 30.0. The standard InChI is InChI=1S/C21H23N7O2/c1-12-6-16(20(24-9-12)28-25-4-5-26-28)21(29)27-14(3)15-7-17(27)18(8-15)30-19-11-22-13(2)10-23-19/h4-6,9-11,14-15,17-18H,7-8H2,1-3H3. The molecule has 4 heterocycles. The zero-order chi connectivity index (χ0) is 20.8. The van der Waals surface area contributed by atoms with Crippen molar-refractivity contribution in [2.45, 2.75) is 51.8 Å². The van der Waals surface area contributed by atoms with E-state index in [1.807, 2.05) is 24.8 Å². The van der Waals surface area contributed by atoms with Crippen molar-refractivity contribution < 1.29 is 9.53 Å². The van der Waals surface area contributed by atoms with Gasteiger partial charge in [-0.2, -0.15) is 10.2 Å². The maximum atomic E-state index is 13.7. The fraction of sp³-hybridized carbons (Fsp3) is 0.429. The Labute approximate surface area is 174 Å². The number of hydrogen-bond acceptors (Lipinski definition) is 7. The van der Waals surface area contributed by atoms with Crippen molar-refractivity contribution in [3.05, 3.63) is 53.9 Å². The van der Waals surface area contributed by atoms with Crippen LogP contribution in [0.2, 0.25) is 0 Å². The lowest BCUT2D eigenvalue weighted by Crippen LogP contribution is -2.51. The van der Waals surface area contributed by atoms with Gasteiger partial charge in [0.15, 0.2) is 5.82 Å². The average Bonchev–Trinajstić information content (AvgIpc) is 3.46. The fourth-order valence-corrected chi connectivity index (χ4v) is 4.63. The second-order valence-electron chi connectivity index (χ2n) is 8.11. The van der Waals surface area contributed by atoms with Gasteiger partial charge >= 0.3 is 0 Å². The van der Waals surface area contributed by atoms with Gasteiger partial charge in [0.25, 0.3) is 5.91 Å². The summed E-state index contributed by atoms with van der Waals surface area (Å²) < 4.78 is 6.14. The summed E-state index contributed by atoms with van der Waals surface area (Å²) in [5.41, 5.74) is 2.25. The van der Waals surface area contributed by atoms with E-state index in [9.17, 15) is 4.79 Å². The average molecular weight is 405 g/mol. The summed E-state index contributed by atoms with van der Waals surface area (Å²) in [7, 11) is 0. The van der Waals surface area contributed by atoms with E-state index in [1.54, 1.807) is 31.0 Å². The molecule has 30 heavy (non-hydrogen) atoms. The van der Waals surface area contributed by atoms with Crippen molar-refractivity contribution in [1.82, 2.24) is 34.8 Å². The molecule has 1 saturated carbocycles. The van der Waals surface area contributed by atoms with Crippen LogP contribution in [0.4, 0.5) is 0 Å². The van der Waals surface area contributed by atoms with Gasteiger partial charge in [-0.25, -0.2) is 9.97 Å². The minimum absolute atomic E-state index is 0.0143. The first-order chi connectivity index (χ1) is 14.5. The molecule has 1 aliphatic heterocycles. The quantitative estimate of drug-likeness (QED) is 0.656. The van der Waals surface area contributed by atoms with Crippen molar-refractivity contribution in [1.29, 1.82) is 0 Å². The fourth-order valence-electron chi connectivity index (χ4n) is 4.63. The third kappa shape index (κ3) is 3.10. The normalized spacial score (nSPS) is 25.0. The molecule has 9 nitrogen and oxygen atoms in total. The summed E-state index contributed by atoms with van der Waals surface area (Å²) in [6, 6.07) is 1.97. The van der Waals surface area contributed by atoms with Crippen molar-refractivity contribution in [3.8, 4) is 11.7 Å². The van der Waals surface area contributed by atoms with Gasteiger partial charge in [0, 0.05) is 12.2 Å². The molecule has 9 heteroatoms. The molecule has 0 aromatic carbocycles. The minimum atomic E-state index is -0.101. The zero-order valence-corrected chi connectivity index (χ0v) is 17.1. The van der Waals surface area contributed by atoms with Gasteiger partial charge in [0.1, 0.15) is 6.10 Å². The first kappa shape index (κ1) is 18.7. The maximum absolute atomic E-state index is 13.7. The van der Waals surface area contributed by atoms with E-state index in [0.717, 1.165) is 24.1 Å². The summed E-state index contributed by atoms with van der Waals surface area (Å²) in [5, 5.41) is 8.33. The van der Waals surface area contributed by atoms with Crippen LogP contribution in [0.3, 0.4) is 0 Å². The first-order valence-electron chi connectivity index (χ1n) is 10.1. The highest BCUT2D eigenvalue weighted by Crippen LogP contribution is 2.44. The number of fused-ring (bicyclic) bond motifs is 2. The highest BCUT2D eigenvalue weighted by molar-refractivity contribution is 5.98. The Morgan fingerprint density at radius 2 is 1.87 bits per heavy atom. The van der Waals surface area contributed by atoms with Crippen LogP contribution < -0.4 is 4.74 Å². The number of nitrogens with zero attached hydrogens (tertiary/aromatic N) is 7. The van der Waals surface area contributed by atoms with Crippen LogP contribution in [0.1, 0.15) is 41.4 Å². The Kier molecular flexibility index (Phi) is 4.45. The number of piperidine rings is 1. The number of carbonyl (C=O) groups is 1. The summed E-state index contributed by atoms with van der Waals surface area (Å²) in [5.74, 6) is 1.26. The summed E-state index contributed by atoms with van der Waals surface area (Å²) in [6.07, 6.45) is 9.92. The van der Waals surface area contributed by atoms with Crippen molar-refractivity contribution in [3.63, 3.8) is 0 Å². The topological polar surface area (TPSA) is 98.9 Å². The molecule has 2 fully saturated rings. The molecule has 4 unspecified atom stereocenters. The van der Waals surface area contributed by atoms with Gasteiger partial charge in [-0.1, -0.05) is 0 Å². The van der Waals surface area contributed by atoms with Gasteiger partial charge in [0.05, 0.1) is 42.1 Å². The van der Waals surface area contributed by atoms with Crippen molar-refractivity contribution in [2.75, 3.05) is 0 Å². The van der Waals surface area contributed by atoms with Crippen LogP contribution in [-0.2, 0) is 0 Å². The zero-order valence-electron chi connectivity index (χ0n) is 17.1. The molecule has 0 radical (unpaired) electrons. The molecular weight excluding hydrogens is 382 g/mol.